The van der Waals surface area contributed by atoms with E-state index in [9.17, 15) is 14.4 Å². The van der Waals surface area contributed by atoms with Gasteiger partial charge < -0.3 is 5.73 Å². The summed E-state index contributed by atoms with van der Waals surface area (Å²) < 4.78 is 1.59. The van der Waals surface area contributed by atoms with Gasteiger partial charge in [-0.2, -0.15) is 9.58 Å². The number of hydrogen-bond acceptors (Lipinski definition) is 4. The van der Waals surface area contributed by atoms with Gasteiger partial charge in [0.2, 0.25) is 12.3 Å². The molecule has 3 N–H and O–H groups in total. The second-order valence-corrected chi connectivity index (χ2v) is 6.01. The van der Waals surface area contributed by atoms with Crippen molar-refractivity contribution < 1.29 is 19.0 Å². The molecule has 3 aromatic rings. The molecule has 0 spiro atoms. The third-order valence-corrected chi connectivity index (χ3v) is 3.97. The molecule has 0 unspecified atom stereocenters. The third kappa shape index (κ3) is 4.59. The number of primary amides is 1. The summed E-state index contributed by atoms with van der Waals surface area (Å²) in [6.45, 7) is 0.0633. The molecule has 0 saturated heterocycles. The minimum atomic E-state index is -0.940. The van der Waals surface area contributed by atoms with Crippen LogP contribution in [-0.4, -0.2) is 22.7 Å². The number of urea groups is 1. The average molecular weight is 375 g/mol. The molecule has 3 amide bonds. The van der Waals surface area contributed by atoms with Gasteiger partial charge in [-0.25, -0.2) is 4.79 Å². The van der Waals surface area contributed by atoms with Crippen LogP contribution in [0.5, 0.6) is 0 Å². The number of imide groups is 1. The number of ketones is 1. The van der Waals surface area contributed by atoms with Gasteiger partial charge >= 0.3 is 6.03 Å². The van der Waals surface area contributed by atoms with Crippen molar-refractivity contribution in [3.05, 3.63) is 96.3 Å². The van der Waals surface area contributed by atoms with Crippen LogP contribution in [0.3, 0.4) is 0 Å². The van der Waals surface area contributed by atoms with E-state index in [1.165, 1.54) is 6.20 Å². The number of carbonyl (C=O) groups is 3. The lowest BCUT2D eigenvalue weighted by atomic mass is 10.1. The number of anilines is 1. The summed E-state index contributed by atoms with van der Waals surface area (Å²) >= 11 is 0. The maximum atomic E-state index is 12.8. The molecule has 0 aliphatic heterocycles. The maximum absolute atomic E-state index is 12.8. The highest BCUT2D eigenvalue weighted by Crippen LogP contribution is 2.10. The molecule has 1 heterocycles. The van der Waals surface area contributed by atoms with Gasteiger partial charge in [0, 0.05) is 11.6 Å². The Balaban J connectivity index is 1.78. The fraction of sp³-hybridized carbons (Fsp3) is 0.0476. The van der Waals surface area contributed by atoms with Crippen LogP contribution in [0, 0.1) is 0 Å². The molecule has 7 nitrogen and oxygen atoms in total. The van der Waals surface area contributed by atoms with Crippen LogP contribution in [0.25, 0.3) is 0 Å². The Morgan fingerprint density at radius 2 is 1.46 bits per heavy atom. The first-order valence-electron chi connectivity index (χ1n) is 8.57. The number of amides is 3. The Morgan fingerprint density at radius 1 is 0.857 bits per heavy atom. The van der Waals surface area contributed by atoms with Gasteiger partial charge in [-0.15, -0.1) is 0 Å². The number of Topliss-reactive ketones (excluding diaryl/α,β-unsaturated/α-hetero) is 1. The van der Waals surface area contributed by atoms with E-state index in [0.29, 0.717) is 11.3 Å². The number of aromatic nitrogens is 1. The number of hydrogen-bond donors (Lipinski definition) is 2. The zero-order valence-electron chi connectivity index (χ0n) is 15.0. The largest absolute Gasteiger partial charge is 0.350 e. The van der Waals surface area contributed by atoms with Crippen molar-refractivity contribution in [3.63, 3.8) is 0 Å². The Morgan fingerprint density at radius 3 is 2.11 bits per heavy atom. The quantitative estimate of drug-likeness (QED) is 0.393. The molecule has 0 saturated carbocycles. The average Bonchev–Trinajstić information content (AvgIpc) is 2.73. The monoisotopic (exact) mass is 375 g/mol. The number of carbonyl (C=O) groups excluding carboxylic acids is 3. The molecule has 3 rings (SSSR count). The van der Waals surface area contributed by atoms with Crippen LogP contribution in [-0.2, 0) is 6.54 Å². The van der Waals surface area contributed by atoms with Gasteiger partial charge in [0.1, 0.15) is 5.56 Å². The highest BCUT2D eigenvalue weighted by Gasteiger charge is 2.24. The normalized spacial score (nSPS) is 10.1. The Labute approximate surface area is 162 Å². The van der Waals surface area contributed by atoms with Crippen molar-refractivity contribution in [2.75, 3.05) is 5.43 Å². The van der Waals surface area contributed by atoms with E-state index in [0.717, 1.165) is 5.01 Å². The Kier molecular flexibility index (Phi) is 5.76. The molecule has 0 radical (unpaired) electrons. The molecule has 0 aliphatic rings. The van der Waals surface area contributed by atoms with E-state index in [2.05, 4.69) is 5.43 Å². The summed E-state index contributed by atoms with van der Waals surface area (Å²) in [5, 5.41) is 0.730. The van der Waals surface area contributed by atoms with Crippen LogP contribution in [0.1, 0.15) is 20.7 Å². The summed E-state index contributed by atoms with van der Waals surface area (Å²) in [4.78, 5) is 36.9. The lowest BCUT2D eigenvalue weighted by Crippen LogP contribution is -2.46. The summed E-state index contributed by atoms with van der Waals surface area (Å²) in [6.07, 6.45) is 3.18. The zero-order valence-corrected chi connectivity index (χ0v) is 15.0. The standard InChI is InChI=1S/C21H18N4O3/c22-21(28)25(23-18-11-5-2-6-12-18)20(27)17-10-7-13-24(14-17)15-19(26)16-8-3-1-4-9-16/h1-14,23H,15H2,(H-,22,28)/p+1. The van der Waals surface area contributed by atoms with Gasteiger partial charge in [0.05, 0.1) is 5.69 Å². The Hall–Kier alpha value is -4.00. The van der Waals surface area contributed by atoms with E-state index in [-0.39, 0.29) is 17.9 Å². The summed E-state index contributed by atoms with van der Waals surface area (Å²) in [5.41, 5.74) is 9.39. The van der Waals surface area contributed by atoms with Crippen LogP contribution in [0.4, 0.5) is 10.5 Å². The first-order valence-corrected chi connectivity index (χ1v) is 8.57. The van der Waals surface area contributed by atoms with Crippen LogP contribution >= 0.6 is 0 Å². The predicted molar refractivity (Wildman–Crippen MR) is 103 cm³/mol. The second-order valence-electron chi connectivity index (χ2n) is 6.01. The molecular formula is C21H19N4O3+. The molecule has 28 heavy (non-hydrogen) atoms. The number of rotatable bonds is 6. The smallest absolute Gasteiger partial charge is 0.341 e. The van der Waals surface area contributed by atoms with E-state index in [1.807, 2.05) is 12.1 Å². The molecular weight excluding hydrogens is 356 g/mol. The van der Waals surface area contributed by atoms with Crippen molar-refractivity contribution >= 4 is 23.4 Å². The molecule has 1 aromatic heterocycles. The molecule has 7 heteroatoms. The summed E-state index contributed by atoms with van der Waals surface area (Å²) in [5.74, 6) is -0.720. The van der Waals surface area contributed by atoms with Gasteiger partial charge in [0.15, 0.2) is 12.4 Å². The fourth-order valence-electron chi connectivity index (χ4n) is 2.60. The predicted octanol–water partition coefficient (Wildman–Crippen LogP) is 2.41. The van der Waals surface area contributed by atoms with E-state index >= 15 is 0 Å². The van der Waals surface area contributed by atoms with Gasteiger partial charge in [-0.1, -0.05) is 48.5 Å². The fourth-order valence-corrected chi connectivity index (χ4v) is 2.60. The van der Waals surface area contributed by atoms with Crippen LogP contribution in [0.2, 0.25) is 0 Å². The lowest BCUT2D eigenvalue weighted by Gasteiger charge is -2.19. The van der Waals surface area contributed by atoms with Crippen molar-refractivity contribution in [2.45, 2.75) is 6.54 Å². The minimum absolute atomic E-state index is 0.0633. The molecule has 0 aliphatic carbocycles. The maximum Gasteiger partial charge on any atom is 0.341 e. The number of pyridine rings is 1. The second kappa shape index (κ2) is 8.59. The van der Waals surface area contributed by atoms with Crippen LogP contribution in [0.15, 0.2) is 85.2 Å². The summed E-state index contributed by atoms with van der Waals surface area (Å²) in [7, 11) is 0. The van der Waals surface area contributed by atoms with Gasteiger partial charge in [-0.05, 0) is 18.2 Å². The lowest BCUT2D eigenvalue weighted by molar-refractivity contribution is -0.683. The third-order valence-electron chi connectivity index (χ3n) is 3.97. The van der Waals surface area contributed by atoms with E-state index < -0.39 is 11.9 Å². The topological polar surface area (TPSA) is 96.4 Å². The minimum Gasteiger partial charge on any atom is -0.350 e. The zero-order chi connectivity index (χ0) is 19.9. The number of nitrogens with zero attached hydrogens (tertiary/aromatic N) is 2. The van der Waals surface area contributed by atoms with Crippen molar-refractivity contribution in [1.29, 1.82) is 0 Å². The van der Waals surface area contributed by atoms with Crippen molar-refractivity contribution in [3.8, 4) is 0 Å². The van der Waals surface area contributed by atoms with Gasteiger partial charge in [0.25, 0.3) is 5.91 Å². The highest BCUT2D eigenvalue weighted by molar-refractivity contribution is 6.04. The first-order chi connectivity index (χ1) is 13.5. The van der Waals surface area contributed by atoms with Crippen LogP contribution < -0.4 is 15.7 Å². The molecule has 0 fully saturated rings. The molecule has 140 valence electrons. The highest BCUT2D eigenvalue weighted by atomic mass is 16.2. The SMILES string of the molecule is NC(=O)N(Nc1ccccc1)C(=O)c1ccc[n+](CC(=O)c2ccccc2)c1. The van der Waals surface area contributed by atoms with Crippen molar-refractivity contribution in [1.82, 2.24) is 5.01 Å². The molecule has 2 aromatic carbocycles. The number of nitrogens with one attached hydrogen (secondary N) is 1. The Bertz CT molecular complexity index is 991. The van der Waals surface area contributed by atoms with Gasteiger partial charge in [-0.3, -0.25) is 15.0 Å². The number of para-hydroxylation sites is 1. The molecule has 0 atom stereocenters. The molecule has 0 bridgehead atoms. The number of hydrazine groups is 1. The van der Waals surface area contributed by atoms with E-state index in [4.69, 9.17) is 5.73 Å². The van der Waals surface area contributed by atoms with E-state index in [1.54, 1.807) is 71.4 Å². The summed E-state index contributed by atoms with van der Waals surface area (Å²) in [6, 6.07) is 19.9. The first kappa shape index (κ1) is 18.8. The number of nitrogens with two attached hydrogens (primary N) is 1. The van der Waals surface area contributed by atoms with Crippen molar-refractivity contribution in [2.24, 2.45) is 5.73 Å². The number of benzene rings is 2.